The lowest BCUT2D eigenvalue weighted by atomic mass is 9.91. The Bertz CT molecular complexity index is 1220. The third-order valence-corrected chi connectivity index (χ3v) is 8.94. The fraction of sp³-hybridized carbons (Fsp3) is 0.500. The van der Waals surface area contributed by atoms with Crippen LogP contribution in [0.5, 0.6) is 5.75 Å². The second kappa shape index (κ2) is 13.0. The first-order valence-corrected chi connectivity index (χ1v) is 15.0. The molecular weight excluding hydrogens is 504 g/mol. The van der Waals surface area contributed by atoms with Crippen LogP contribution in [0, 0.1) is 17.8 Å². The molecule has 0 spiro atoms. The maximum Gasteiger partial charge on any atom is 0.254 e. The Labute approximate surface area is 228 Å². The monoisotopic (exact) mass is 541 g/mol. The molecule has 0 saturated carbocycles. The van der Waals surface area contributed by atoms with Crippen molar-refractivity contribution in [2.75, 3.05) is 23.8 Å². The summed E-state index contributed by atoms with van der Waals surface area (Å²) in [5, 5.41) is 0.754. The van der Waals surface area contributed by atoms with Crippen molar-refractivity contribution in [2.24, 2.45) is 22.1 Å². The van der Waals surface area contributed by atoms with Crippen LogP contribution in [0.1, 0.15) is 67.9 Å². The van der Waals surface area contributed by atoms with Gasteiger partial charge in [-0.1, -0.05) is 62.3 Å². The van der Waals surface area contributed by atoms with E-state index in [1.165, 1.54) is 11.1 Å². The molecule has 2 aliphatic rings. The Morgan fingerprint density at radius 1 is 1.00 bits per heavy atom. The van der Waals surface area contributed by atoms with Crippen molar-refractivity contribution in [3.05, 3.63) is 70.3 Å². The highest BCUT2D eigenvalue weighted by atomic mass is 35.5. The normalized spacial score (nSPS) is 25.2. The van der Waals surface area contributed by atoms with Gasteiger partial charge in [0.15, 0.2) is 0 Å². The van der Waals surface area contributed by atoms with Crippen molar-refractivity contribution in [1.82, 2.24) is 0 Å². The molecule has 7 heteroatoms. The molecule has 0 aliphatic carbocycles. The van der Waals surface area contributed by atoms with Crippen LogP contribution in [0.3, 0.4) is 0 Å². The Hall–Kier alpha value is -2.31. The Balaban J connectivity index is 1.81. The van der Waals surface area contributed by atoms with Gasteiger partial charge in [0.2, 0.25) is 0 Å². The van der Waals surface area contributed by atoms with Crippen molar-refractivity contribution < 1.29 is 13.7 Å². The third kappa shape index (κ3) is 7.61. The van der Waals surface area contributed by atoms with Crippen LogP contribution in [0.2, 0.25) is 5.02 Å². The number of halogens is 1. The van der Waals surface area contributed by atoms with Gasteiger partial charge in [-0.2, -0.15) is 10.6 Å². The van der Waals surface area contributed by atoms with Crippen molar-refractivity contribution in [2.45, 2.75) is 59.4 Å². The van der Waals surface area contributed by atoms with Gasteiger partial charge in [0.1, 0.15) is 5.75 Å². The first-order valence-electron chi connectivity index (χ1n) is 13.4. The van der Waals surface area contributed by atoms with Gasteiger partial charge < -0.3 is 18.2 Å². The zero-order valence-corrected chi connectivity index (χ0v) is 23.7. The summed E-state index contributed by atoms with van der Waals surface area (Å²) in [7, 11) is -1.56. The molecule has 2 aromatic rings. The van der Waals surface area contributed by atoms with Crippen LogP contribution in [-0.2, 0) is 27.8 Å². The Morgan fingerprint density at radius 3 is 2.65 bits per heavy atom. The highest BCUT2D eigenvalue weighted by molar-refractivity contribution is 7.75. The first-order chi connectivity index (χ1) is 17.8. The van der Waals surface area contributed by atoms with E-state index in [-0.39, 0.29) is 5.92 Å². The van der Waals surface area contributed by atoms with Gasteiger partial charge in [0.05, 0.1) is 12.3 Å². The molecule has 5 nitrogen and oxygen atoms in total. The lowest BCUT2D eigenvalue weighted by molar-refractivity contribution is 0.100. The van der Waals surface area contributed by atoms with E-state index in [4.69, 9.17) is 16.3 Å². The molecule has 2 aliphatic heterocycles. The van der Waals surface area contributed by atoms with Gasteiger partial charge in [-0.15, -0.1) is 0 Å². The summed E-state index contributed by atoms with van der Waals surface area (Å²) in [5.74, 6) is 1.77. The van der Waals surface area contributed by atoms with Gasteiger partial charge in [0.25, 0.3) is 5.91 Å². The highest BCUT2D eigenvalue weighted by Gasteiger charge is 2.22. The zero-order valence-electron chi connectivity index (χ0n) is 22.1. The van der Waals surface area contributed by atoms with E-state index in [9.17, 15) is 9.00 Å². The minimum absolute atomic E-state index is 0.194. The van der Waals surface area contributed by atoms with Crippen molar-refractivity contribution in [1.29, 1.82) is 0 Å². The molecule has 0 unspecified atom stereocenters. The molecular formula is C30H38ClN2O3S-. The average molecular weight is 542 g/mol. The van der Waals surface area contributed by atoms with Crippen LogP contribution in [-0.4, -0.2) is 24.8 Å². The van der Waals surface area contributed by atoms with Crippen molar-refractivity contribution >= 4 is 33.8 Å². The predicted molar refractivity (Wildman–Crippen MR) is 153 cm³/mol. The predicted octanol–water partition coefficient (Wildman–Crippen LogP) is 7.61. The molecule has 0 aromatic heterocycles. The molecule has 0 fully saturated rings. The minimum atomic E-state index is -1.56. The topological polar surface area (TPSA) is 59.0 Å². The molecule has 37 heavy (non-hydrogen) atoms. The minimum Gasteiger partial charge on any atom is -0.491 e. The number of fused-ring (bicyclic) bond motifs is 2. The summed E-state index contributed by atoms with van der Waals surface area (Å²) < 4.78 is 22.9. The Morgan fingerprint density at radius 2 is 1.81 bits per heavy atom. The first kappa shape index (κ1) is 27.7. The third-order valence-electron chi connectivity index (χ3n) is 7.48. The summed E-state index contributed by atoms with van der Waals surface area (Å²) in [4.78, 5) is 15.4. The molecule has 3 atom stereocenters. The summed E-state index contributed by atoms with van der Waals surface area (Å²) in [6.45, 7) is 8.75. The molecule has 2 aromatic carbocycles. The second-order valence-corrected chi connectivity index (χ2v) is 12.3. The number of aryl methyl sites for hydroxylation is 1. The van der Waals surface area contributed by atoms with Gasteiger partial charge in [-0.3, -0.25) is 4.79 Å². The number of amides is 1. The van der Waals surface area contributed by atoms with Crippen LogP contribution in [0.15, 0.2) is 52.9 Å². The molecule has 4 rings (SSSR count). The van der Waals surface area contributed by atoms with Crippen LogP contribution < -0.4 is 9.64 Å². The van der Waals surface area contributed by atoms with E-state index < -0.39 is 16.5 Å². The zero-order chi connectivity index (χ0) is 26.4. The SMILES string of the molecule is C[C@H]1C/C=C/C[C@H](C)[C@@H](C)CN2Cc3ccc(Cl)cc3CCCCOc3ccc(cc32)C(=O)N=[S-](=O)C1. The van der Waals surface area contributed by atoms with E-state index in [1.54, 1.807) is 6.07 Å². The van der Waals surface area contributed by atoms with Crippen LogP contribution >= 0.6 is 11.6 Å². The molecule has 2 bridgehead atoms. The number of hydrogen-bond donors (Lipinski definition) is 0. The molecule has 2 heterocycles. The van der Waals surface area contributed by atoms with Gasteiger partial charge >= 0.3 is 0 Å². The molecule has 1 amide bonds. The van der Waals surface area contributed by atoms with Gasteiger partial charge in [-0.05, 0) is 85.4 Å². The number of nitrogens with zero attached hydrogens (tertiary/aromatic N) is 2. The summed E-state index contributed by atoms with van der Waals surface area (Å²) in [6, 6.07) is 11.7. The lowest BCUT2D eigenvalue weighted by Gasteiger charge is -2.32. The summed E-state index contributed by atoms with van der Waals surface area (Å²) >= 11 is 6.37. The van der Waals surface area contributed by atoms with Crippen molar-refractivity contribution in [3.8, 4) is 5.75 Å². The number of ether oxygens (including phenoxy) is 1. The van der Waals surface area contributed by atoms with E-state index >= 15 is 0 Å². The van der Waals surface area contributed by atoms with Gasteiger partial charge in [0, 0.05) is 23.7 Å². The van der Waals surface area contributed by atoms with E-state index in [0.29, 0.717) is 36.3 Å². The number of rotatable bonds is 0. The highest BCUT2D eigenvalue weighted by Crippen LogP contribution is 2.35. The molecule has 0 saturated heterocycles. The average Bonchev–Trinajstić information content (AvgIpc) is 2.89. The molecule has 0 radical (unpaired) electrons. The lowest BCUT2D eigenvalue weighted by Crippen LogP contribution is -2.31. The maximum atomic E-state index is 13.0. The number of carbonyl (C=O) groups is 1. The number of hydrogen-bond acceptors (Lipinski definition) is 5. The summed E-state index contributed by atoms with van der Waals surface area (Å²) in [5.41, 5.74) is 3.82. The van der Waals surface area contributed by atoms with Crippen LogP contribution in [0.4, 0.5) is 5.69 Å². The fourth-order valence-corrected chi connectivity index (χ4v) is 6.13. The molecule has 0 N–H and O–H groups in total. The van der Waals surface area contributed by atoms with Gasteiger partial charge in [-0.25, -0.2) is 0 Å². The quantitative estimate of drug-likeness (QED) is 0.254. The number of benzene rings is 2. The standard InChI is InChI=1S/C30H38ClN2O3S/c1-21-8-4-5-9-22(2)23(3)18-33-19-26-11-13-27(31)16-24(26)10-6-7-15-36-29-14-12-25(17-28(29)33)30(34)32-37(35)20-21/h4-5,11-14,16-17,21-23H,6-10,15,18-20H2,1-3H3/q-1/b5-4+/t21-,22-,23-/m0/s1. The van der Waals surface area contributed by atoms with Crippen molar-refractivity contribution in [3.63, 3.8) is 0 Å². The number of carbonyl (C=O) groups excluding carboxylic acids is 1. The van der Waals surface area contributed by atoms with E-state index in [0.717, 1.165) is 55.1 Å². The Kier molecular flexibility index (Phi) is 9.71. The smallest absolute Gasteiger partial charge is 0.254 e. The second-order valence-electron chi connectivity index (χ2n) is 10.7. The number of allylic oxidation sites excluding steroid dienone is 2. The summed E-state index contributed by atoms with van der Waals surface area (Å²) in [6.07, 6.45) is 9.14. The molecule has 200 valence electrons. The van der Waals surface area contributed by atoms with E-state index in [1.807, 2.05) is 18.2 Å². The maximum absolute atomic E-state index is 13.0. The largest absolute Gasteiger partial charge is 0.491 e. The van der Waals surface area contributed by atoms with Crippen LogP contribution in [0.25, 0.3) is 0 Å². The number of anilines is 1. The van der Waals surface area contributed by atoms with E-state index in [2.05, 4.69) is 54.3 Å². The fourth-order valence-electron chi connectivity index (χ4n) is 4.95.